The highest BCUT2D eigenvalue weighted by molar-refractivity contribution is 7.08. The first-order valence-corrected chi connectivity index (χ1v) is 7.02. The summed E-state index contributed by atoms with van der Waals surface area (Å²) in [6.45, 7) is 3.40. The molecule has 0 bridgehead atoms. The normalized spacial score (nSPS) is 12.8. The molecule has 1 unspecified atom stereocenters. The molecule has 0 aliphatic heterocycles. The first-order valence-electron chi connectivity index (χ1n) is 6.08. The lowest BCUT2D eigenvalue weighted by atomic mass is 10.1. The molecule has 0 amide bonds. The van der Waals surface area contributed by atoms with Crippen LogP contribution in [0.25, 0.3) is 0 Å². The van der Waals surface area contributed by atoms with E-state index < -0.39 is 12.0 Å². The van der Waals surface area contributed by atoms with Gasteiger partial charge in [0, 0.05) is 24.8 Å². The van der Waals surface area contributed by atoms with Crippen molar-refractivity contribution in [2.45, 2.75) is 26.1 Å². The molecule has 0 saturated heterocycles. The van der Waals surface area contributed by atoms with Crippen molar-refractivity contribution in [2.24, 2.45) is 0 Å². The van der Waals surface area contributed by atoms with Crippen molar-refractivity contribution in [2.75, 3.05) is 7.05 Å². The van der Waals surface area contributed by atoms with Gasteiger partial charge in [-0.3, -0.25) is 14.4 Å². The number of likely N-dealkylation sites (N-methyl/N-ethyl adjacent to an activating group) is 1. The Bertz CT molecular complexity index is 536. The molecule has 5 nitrogen and oxygen atoms in total. The highest BCUT2D eigenvalue weighted by Crippen LogP contribution is 2.23. The van der Waals surface area contributed by atoms with E-state index in [-0.39, 0.29) is 0 Å². The molecule has 0 radical (unpaired) electrons. The zero-order valence-corrected chi connectivity index (χ0v) is 11.8. The number of hydrogen-bond donors (Lipinski definition) is 1. The van der Waals surface area contributed by atoms with Crippen LogP contribution in [0.2, 0.25) is 0 Å². The smallest absolute Gasteiger partial charge is 0.325 e. The summed E-state index contributed by atoms with van der Waals surface area (Å²) < 4.78 is 1.84. The lowest BCUT2D eigenvalue weighted by Crippen LogP contribution is -2.30. The van der Waals surface area contributed by atoms with E-state index in [0.29, 0.717) is 6.54 Å². The molecule has 0 aliphatic carbocycles. The minimum atomic E-state index is -0.830. The lowest BCUT2D eigenvalue weighted by Gasteiger charge is -2.23. The Morgan fingerprint density at radius 2 is 2.42 bits per heavy atom. The summed E-state index contributed by atoms with van der Waals surface area (Å²) in [6.07, 6.45) is 3.73. The van der Waals surface area contributed by atoms with E-state index in [4.69, 9.17) is 0 Å². The second-order valence-corrected chi connectivity index (χ2v) is 5.20. The molecular weight excluding hydrogens is 262 g/mol. The zero-order chi connectivity index (χ0) is 13.8. The number of aliphatic carboxylic acids is 1. The largest absolute Gasteiger partial charge is 0.480 e. The molecule has 0 fully saturated rings. The second kappa shape index (κ2) is 5.99. The number of carboxylic acid groups (broad SMARTS) is 1. The Morgan fingerprint density at radius 3 is 2.95 bits per heavy atom. The van der Waals surface area contributed by atoms with Crippen LogP contribution >= 0.6 is 11.3 Å². The topological polar surface area (TPSA) is 58.4 Å². The van der Waals surface area contributed by atoms with Crippen LogP contribution in [0.1, 0.15) is 24.1 Å². The van der Waals surface area contributed by atoms with Crippen molar-refractivity contribution in [1.29, 1.82) is 0 Å². The van der Waals surface area contributed by atoms with Crippen LogP contribution in [0.5, 0.6) is 0 Å². The molecule has 0 spiro atoms. The Balaban J connectivity index is 2.12. The van der Waals surface area contributed by atoms with E-state index in [0.717, 1.165) is 17.7 Å². The number of carbonyl (C=O) groups is 1. The minimum absolute atomic E-state index is 0.562. The molecule has 102 valence electrons. The summed E-state index contributed by atoms with van der Waals surface area (Å²) >= 11 is 1.51. The standard InChI is InChI=1S/C13H17N3O2S/c1-3-16-8-10(6-14-16)7-15(2)12(13(17)18)11-4-5-19-9-11/h4-6,8-9,12H,3,7H2,1-2H3,(H,17,18). The molecule has 0 aromatic carbocycles. The minimum Gasteiger partial charge on any atom is -0.480 e. The summed E-state index contributed by atoms with van der Waals surface area (Å²) in [5.41, 5.74) is 1.84. The Kier molecular flexibility index (Phi) is 4.34. The van der Waals surface area contributed by atoms with Crippen molar-refractivity contribution in [3.63, 3.8) is 0 Å². The molecule has 2 aromatic heterocycles. The van der Waals surface area contributed by atoms with E-state index in [1.165, 1.54) is 11.3 Å². The molecule has 2 aromatic rings. The van der Waals surface area contributed by atoms with Crippen molar-refractivity contribution < 1.29 is 9.90 Å². The summed E-state index contributed by atoms with van der Waals surface area (Å²) in [7, 11) is 1.82. The number of thiophene rings is 1. The molecule has 2 heterocycles. The van der Waals surface area contributed by atoms with Crippen molar-refractivity contribution in [3.05, 3.63) is 40.3 Å². The molecule has 1 N–H and O–H groups in total. The van der Waals surface area contributed by atoms with Gasteiger partial charge >= 0.3 is 5.97 Å². The molecule has 2 rings (SSSR count). The third-order valence-electron chi connectivity index (χ3n) is 2.98. The van der Waals surface area contributed by atoms with Gasteiger partial charge in [-0.05, 0) is 36.4 Å². The highest BCUT2D eigenvalue weighted by Gasteiger charge is 2.25. The van der Waals surface area contributed by atoms with Crippen LogP contribution < -0.4 is 0 Å². The summed E-state index contributed by atoms with van der Waals surface area (Å²) in [5.74, 6) is -0.830. The van der Waals surface area contributed by atoms with Gasteiger partial charge in [0.1, 0.15) is 6.04 Å². The van der Waals surface area contributed by atoms with E-state index >= 15 is 0 Å². The van der Waals surface area contributed by atoms with E-state index in [1.807, 2.05) is 46.6 Å². The van der Waals surface area contributed by atoms with Crippen molar-refractivity contribution in [1.82, 2.24) is 14.7 Å². The first kappa shape index (κ1) is 13.8. The number of hydrogen-bond acceptors (Lipinski definition) is 4. The van der Waals surface area contributed by atoms with E-state index in [1.54, 1.807) is 6.20 Å². The number of rotatable bonds is 6. The molecule has 0 saturated carbocycles. The fourth-order valence-electron chi connectivity index (χ4n) is 2.06. The van der Waals surface area contributed by atoms with Gasteiger partial charge in [0.15, 0.2) is 0 Å². The fourth-order valence-corrected chi connectivity index (χ4v) is 2.74. The third kappa shape index (κ3) is 3.21. The average molecular weight is 279 g/mol. The Labute approximate surface area is 116 Å². The molecule has 19 heavy (non-hydrogen) atoms. The first-order chi connectivity index (χ1) is 9.11. The maximum Gasteiger partial charge on any atom is 0.325 e. The summed E-state index contributed by atoms with van der Waals surface area (Å²) in [6, 6.07) is 1.24. The number of aromatic nitrogens is 2. The van der Waals surface area contributed by atoms with Gasteiger partial charge in [-0.25, -0.2) is 0 Å². The number of carboxylic acids is 1. The SMILES string of the molecule is CCn1cc(CN(C)C(C(=O)O)c2ccsc2)cn1. The van der Waals surface area contributed by atoms with Crippen LogP contribution in [-0.2, 0) is 17.9 Å². The second-order valence-electron chi connectivity index (χ2n) is 4.42. The van der Waals surface area contributed by atoms with Gasteiger partial charge in [0.25, 0.3) is 0 Å². The van der Waals surface area contributed by atoms with Crippen LogP contribution in [0, 0.1) is 0 Å². The molecule has 1 atom stereocenters. The quantitative estimate of drug-likeness (QED) is 0.881. The molecule has 0 aliphatic rings. The van der Waals surface area contributed by atoms with Gasteiger partial charge in [-0.1, -0.05) is 0 Å². The van der Waals surface area contributed by atoms with Crippen molar-refractivity contribution >= 4 is 17.3 Å². The number of aryl methyl sites for hydroxylation is 1. The number of nitrogens with zero attached hydrogens (tertiary/aromatic N) is 3. The average Bonchev–Trinajstić information content (AvgIpc) is 3.00. The highest BCUT2D eigenvalue weighted by atomic mass is 32.1. The van der Waals surface area contributed by atoms with Gasteiger partial charge in [0.2, 0.25) is 0 Å². The Hall–Kier alpha value is -1.66. The fraction of sp³-hybridized carbons (Fsp3) is 0.385. The van der Waals surface area contributed by atoms with Crippen LogP contribution in [0.3, 0.4) is 0 Å². The van der Waals surface area contributed by atoms with Crippen LogP contribution in [-0.4, -0.2) is 32.8 Å². The van der Waals surface area contributed by atoms with Gasteiger partial charge in [-0.2, -0.15) is 16.4 Å². The van der Waals surface area contributed by atoms with E-state index in [2.05, 4.69) is 5.10 Å². The summed E-state index contributed by atoms with van der Waals surface area (Å²) in [5, 5.41) is 17.4. The maximum absolute atomic E-state index is 11.4. The predicted molar refractivity (Wildman–Crippen MR) is 74.1 cm³/mol. The molecule has 6 heteroatoms. The summed E-state index contributed by atoms with van der Waals surface area (Å²) in [4.78, 5) is 13.3. The lowest BCUT2D eigenvalue weighted by molar-refractivity contribution is -0.143. The third-order valence-corrected chi connectivity index (χ3v) is 3.68. The Morgan fingerprint density at radius 1 is 1.63 bits per heavy atom. The maximum atomic E-state index is 11.4. The van der Waals surface area contributed by atoms with Gasteiger partial charge in [-0.15, -0.1) is 0 Å². The van der Waals surface area contributed by atoms with Gasteiger partial charge in [0.05, 0.1) is 6.20 Å². The van der Waals surface area contributed by atoms with Crippen molar-refractivity contribution in [3.8, 4) is 0 Å². The van der Waals surface area contributed by atoms with Crippen LogP contribution in [0.15, 0.2) is 29.2 Å². The van der Waals surface area contributed by atoms with E-state index in [9.17, 15) is 9.90 Å². The van der Waals surface area contributed by atoms with Crippen LogP contribution in [0.4, 0.5) is 0 Å². The molecular formula is C13H17N3O2S. The zero-order valence-electron chi connectivity index (χ0n) is 11.0. The predicted octanol–water partition coefficient (Wildman–Crippen LogP) is 2.22. The monoisotopic (exact) mass is 279 g/mol. The van der Waals surface area contributed by atoms with Gasteiger partial charge < -0.3 is 5.11 Å².